The highest BCUT2D eigenvalue weighted by Gasteiger charge is 2.27. The number of rotatable bonds is 5. The molecule has 29 heavy (non-hydrogen) atoms. The minimum atomic E-state index is -0.461. The predicted molar refractivity (Wildman–Crippen MR) is 104 cm³/mol. The summed E-state index contributed by atoms with van der Waals surface area (Å²) in [6.07, 6.45) is 1.38. The lowest BCUT2D eigenvalue weighted by Crippen LogP contribution is -2.41. The molecule has 1 N–H and O–H groups in total. The topological polar surface area (TPSA) is 111 Å². The van der Waals surface area contributed by atoms with Gasteiger partial charge in [0.15, 0.2) is 11.4 Å². The first-order valence-electron chi connectivity index (χ1n) is 9.61. The fourth-order valence-corrected chi connectivity index (χ4v) is 3.64. The van der Waals surface area contributed by atoms with E-state index in [0.29, 0.717) is 48.6 Å². The van der Waals surface area contributed by atoms with Gasteiger partial charge in [-0.05, 0) is 31.9 Å². The third kappa shape index (κ3) is 4.08. The second-order valence-corrected chi connectivity index (χ2v) is 7.20. The number of amides is 2. The first-order valence-corrected chi connectivity index (χ1v) is 9.61. The maximum Gasteiger partial charge on any atom is 0.419 e. The molecule has 0 atom stereocenters. The van der Waals surface area contributed by atoms with Crippen molar-refractivity contribution < 1.29 is 18.5 Å². The molecule has 2 amide bonds. The molecule has 1 saturated heterocycles. The standard InChI is InChI=1S/C20H22N4O5/c1-13-12-17(22-29-13)21-19(26)14-6-9-23(10-7-14)18(25)8-11-24-15-4-2-3-5-16(15)28-20(24)27/h2-5,12,14H,6-11H2,1H3,(H,21,22,26). The van der Waals surface area contributed by atoms with Gasteiger partial charge in [-0.3, -0.25) is 14.2 Å². The average Bonchev–Trinajstić information content (AvgIpc) is 3.28. The van der Waals surface area contributed by atoms with E-state index in [-0.39, 0.29) is 30.7 Å². The van der Waals surface area contributed by atoms with Crippen molar-refractivity contribution in [3.05, 3.63) is 46.6 Å². The number of oxazole rings is 1. The lowest BCUT2D eigenvalue weighted by molar-refractivity contribution is -0.134. The fraction of sp³-hybridized carbons (Fsp3) is 0.400. The van der Waals surface area contributed by atoms with Crippen molar-refractivity contribution in [2.75, 3.05) is 18.4 Å². The monoisotopic (exact) mass is 398 g/mol. The number of likely N-dealkylation sites (tertiary alicyclic amines) is 1. The molecule has 0 bridgehead atoms. The van der Waals surface area contributed by atoms with E-state index >= 15 is 0 Å². The maximum atomic E-state index is 12.6. The summed E-state index contributed by atoms with van der Waals surface area (Å²) in [6.45, 7) is 3.04. The van der Waals surface area contributed by atoms with Crippen molar-refractivity contribution >= 4 is 28.7 Å². The molecule has 4 rings (SSSR count). The number of hydrogen-bond donors (Lipinski definition) is 1. The van der Waals surface area contributed by atoms with Gasteiger partial charge in [-0.15, -0.1) is 0 Å². The molecule has 2 aromatic heterocycles. The largest absolute Gasteiger partial charge is 0.419 e. The van der Waals surface area contributed by atoms with Crippen LogP contribution in [0.4, 0.5) is 5.82 Å². The number of nitrogens with one attached hydrogen (secondary N) is 1. The summed E-state index contributed by atoms with van der Waals surface area (Å²) in [4.78, 5) is 38.7. The quantitative estimate of drug-likeness (QED) is 0.705. The molecule has 0 unspecified atom stereocenters. The molecular formula is C20H22N4O5. The van der Waals surface area contributed by atoms with Gasteiger partial charge in [0.25, 0.3) is 0 Å². The lowest BCUT2D eigenvalue weighted by Gasteiger charge is -2.31. The highest BCUT2D eigenvalue weighted by Crippen LogP contribution is 2.20. The van der Waals surface area contributed by atoms with Gasteiger partial charge >= 0.3 is 5.76 Å². The molecule has 9 heteroatoms. The van der Waals surface area contributed by atoms with Gasteiger partial charge in [-0.2, -0.15) is 0 Å². The van der Waals surface area contributed by atoms with Crippen LogP contribution in [0.1, 0.15) is 25.0 Å². The molecule has 9 nitrogen and oxygen atoms in total. The molecule has 3 heterocycles. The molecule has 0 aliphatic carbocycles. The number of piperidine rings is 1. The zero-order valence-corrected chi connectivity index (χ0v) is 16.1. The number of carbonyl (C=O) groups excluding carboxylic acids is 2. The van der Waals surface area contributed by atoms with E-state index in [1.165, 1.54) is 4.57 Å². The zero-order valence-electron chi connectivity index (χ0n) is 16.1. The number of aryl methyl sites for hydroxylation is 2. The number of carbonyl (C=O) groups is 2. The second kappa shape index (κ2) is 7.94. The van der Waals surface area contributed by atoms with Crippen LogP contribution in [0.3, 0.4) is 0 Å². The van der Waals surface area contributed by atoms with Crippen molar-refractivity contribution in [3.63, 3.8) is 0 Å². The van der Waals surface area contributed by atoms with E-state index in [1.54, 1.807) is 36.1 Å². The van der Waals surface area contributed by atoms with Crippen molar-refractivity contribution in [2.24, 2.45) is 5.92 Å². The molecule has 1 fully saturated rings. The number of fused-ring (bicyclic) bond motifs is 1. The normalized spacial score (nSPS) is 15.0. The van der Waals surface area contributed by atoms with Crippen molar-refractivity contribution in [2.45, 2.75) is 32.7 Å². The van der Waals surface area contributed by atoms with E-state index in [1.807, 2.05) is 6.07 Å². The number of nitrogens with zero attached hydrogens (tertiary/aromatic N) is 3. The molecule has 3 aromatic rings. The van der Waals surface area contributed by atoms with Crippen LogP contribution in [0.2, 0.25) is 0 Å². The lowest BCUT2D eigenvalue weighted by atomic mass is 9.95. The van der Waals surface area contributed by atoms with Crippen LogP contribution in [-0.2, 0) is 16.1 Å². The van der Waals surface area contributed by atoms with Crippen LogP contribution in [0, 0.1) is 12.8 Å². The van der Waals surface area contributed by atoms with Crippen LogP contribution >= 0.6 is 0 Å². The number of hydrogen-bond acceptors (Lipinski definition) is 6. The van der Waals surface area contributed by atoms with E-state index in [9.17, 15) is 14.4 Å². The molecule has 0 radical (unpaired) electrons. The Hall–Kier alpha value is -3.36. The number of benzene rings is 1. The van der Waals surface area contributed by atoms with E-state index in [2.05, 4.69) is 10.5 Å². The first-order chi connectivity index (χ1) is 14.0. The van der Waals surface area contributed by atoms with Crippen LogP contribution in [-0.4, -0.2) is 39.5 Å². The van der Waals surface area contributed by atoms with Crippen molar-refractivity contribution in [3.8, 4) is 0 Å². The van der Waals surface area contributed by atoms with Gasteiger partial charge in [0.05, 0.1) is 5.52 Å². The van der Waals surface area contributed by atoms with Gasteiger partial charge in [0.1, 0.15) is 5.76 Å². The van der Waals surface area contributed by atoms with Crippen LogP contribution in [0.5, 0.6) is 0 Å². The zero-order chi connectivity index (χ0) is 20.4. The first kappa shape index (κ1) is 19.0. The fourth-order valence-electron chi connectivity index (χ4n) is 3.64. The Balaban J connectivity index is 1.29. The summed E-state index contributed by atoms with van der Waals surface area (Å²) >= 11 is 0. The molecule has 152 valence electrons. The number of aromatic nitrogens is 2. The van der Waals surface area contributed by atoms with Crippen LogP contribution in [0.15, 0.2) is 44.1 Å². The minimum Gasteiger partial charge on any atom is -0.408 e. The molecule has 1 aromatic carbocycles. The molecular weight excluding hydrogens is 376 g/mol. The SMILES string of the molecule is Cc1cc(NC(=O)C2CCN(C(=O)CCn3c(=O)oc4ccccc43)CC2)no1. The van der Waals surface area contributed by atoms with E-state index in [4.69, 9.17) is 8.94 Å². The number of para-hydroxylation sites is 2. The average molecular weight is 398 g/mol. The predicted octanol–water partition coefficient (Wildman–Crippen LogP) is 2.16. The summed E-state index contributed by atoms with van der Waals surface area (Å²) < 4.78 is 11.6. The minimum absolute atomic E-state index is 0.0341. The molecule has 1 aliphatic heterocycles. The highest BCUT2D eigenvalue weighted by atomic mass is 16.5. The van der Waals surface area contributed by atoms with Gasteiger partial charge < -0.3 is 19.2 Å². The van der Waals surface area contributed by atoms with Crippen LogP contribution in [0.25, 0.3) is 11.1 Å². The Morgan fingerprint density at radius 3 is 2.72 bits per heavy atom. The Kier molecular flexibility index (Phi) is 5.20. The molecule has 0 saturated carbocycles. The smallest absolute Gasteiger partial charge is 0.408 e. The van der Waals surface area contributed by atoms with Crippen LogP contribution < -0.4 is 11.1 Å². The van der Waals surface area contributed by atoms with E-state index in [0.717, 1.165) is 0 Å². The number of anilines is 1. The Morgan fingerprint density at radius 2 is 2.00 bits per heavy atom. The Morgan fingerprint density at radius 1 is 1.24 bits per heavy atom. The Labute approximate surface area is 166 Å². The van der Waals surface area contributed by atoms with Crippen molar-refractivity contribution in [1.29, 1.82) is 0 Å². The van der Waals surface area contributed by atoms with Crippen molar-refractivity contribution in [1.82, 2.24) is 14.6 Å². The van der Waals surface area contributed by atoms with E-state index < -0.39 is 5.76 Å². The van der Waals surface area contributed by atoms with Gasteiger partial charge in [0.2, 0.25) is 11.8 Å². The van der Waals surface area contributed by atoms with Gasteiger partial charge in [-0.25, -0.2) is 4.79 Å². The summed E-state index contributed by atoms with van der Waals surface area (Å²) in [5.74, 6) is 0.262. The third-order valence-electron chi connectivity index (χ3n) is 5.22. The highest BCUT2D eigenvalue weighted by molar-refractivity contribution is 5.91. The summed E-state index contributed by atoms with van der Waals surface area (Å²) in [6, 6.07) is 8.81. The third-order valence-corrected chi connectivity index (χ3v) is 5.22. The van der Waals surface area contributed by atoms with Gasteiger partial charge in [0, 0.05) is 38.0 Å². The summed E-state index contributed by atoms with van der Waals surface area (Å²) in [5, 5.41) is 6.51. The Bertz CT molecular complexity index is 1090. The summed E-state index contributed by atoms with van der Waals surface area (Å²) in [7, 11) is 0. The molecule has 0 spiro atoms. The molecule has 1 aliphatic rings. The van der Waals surface area contributed by atoms with Gasteiger partial charge in [-0.1, -0.05) is 17.3 Å². The summed E-state index contributed by atoms with van der Waals surface area (Å²) in [5.41, 5.74) is 1.20. The maximum absolute atomic E-state index is 12.6. The second-order valence-electron chi connectivity index (χ2n) is 7.20.